The lowest BCUT2D eigenvalue weighted by molar-refractivity contribution is -0.0353. The number of hydrogen-bond donors (Lipinski definition) is 1. The molecule has 1 aromatic rings. The third-order valence-corrected chi connectivity index (χ3v) is 4.70. The maximum atomic E-state index is 10.8. The van der Waals surface area contributed by atoms with Crippen molar-refractivity contribution in [1.29, 1.82) is 0 Å². The normalized spacial score (nSPS) is 32.4. The highest BCUT2D eigenvalue weighted by Gasteiger charge is 2.40. The van der Waals surface area contributed by atoms with Gasteiger partial charge < -0.3 is 10.0 Å². The van der Waals surface area contributed by atoms with Crippen LogP contribution in [0.25, 0.3) is 0 Å². The van der Waals surface area contributed by atoms with Crippen LogP contribution in [0.1, 0.15) is 31.2 Å². The van der Waals surface area contributed by atoms with Crippen molar-refractivity contribution >= 4 is 11.6 Å². The highest BCUT2D eigenvalue weighted by molar-refractivity contribution is 6.31. The fraction of sp³-hybridized carbons (Fsp3) is 0.643. The standard InChI is InChI=1S/C14H19ClN2O/c15-13-10-16-5-3-11(13)8-14(18)4-7-17-6-1-2-12(17)9-14/h3,5,10,12,18H,1-2,4,6-9H2. The van der Waals surface area contributed by atoms with Crippen LogP contribution in [0.5, 0.6) is 0 Å². The fourth-order valence-electron chi connectivity index (χ4n) is 3.38. The predicted molar refractivity (Wildman–Crippen MR) is 71.7 cm³/mol. The van der Waals surface area contributed by atoms with Gasteiger partial charge in [0.15, 0.2) is 0 Å². The fourth-order valence-corrected chi connectivity index (χ4v) is 3.56. The first-order valence-corrected chi connectivity index (χ1v) is 7.09. The quantitative estimate of drug-likeness (QED) is 0.892. The van der Waals surface area contributed by atoms with E-state index >= 15 is 0 Å². The predicted octanol–water partition coefficient (Wildman–Crippen LogP) is 2.27. The van der Waals surface area contributed by atoms with Crippen LogP contribution in [0.3, 0.4) is 0 Å². The summed E-state index contributed by atoms with van der Waals surface area (Å²) in [6.07, 6.45) is 8.29. The number of aromatic nitrogens is 1. The van der Waals surface area contributed by atoms with Crippen molar-refractivity contribution in [2.24, 2.45) is 0 Å². The maximum Gasteiger partial charge on any atom is 0.0715 e. The van der Waals surface area contributed by atoms with E-state index in [1.807, 2.05) is 6.07 Å². The van der Waals surface area contributed by atoms with Crippen LogP contribution >= 0.6 is 11.6 Å². The van der Waals surface area contributed by atoms with Crippen molar-refractivity contribution in [2.45, 2.75) is 43.7 Å². The molecule has 2 saturated heterocycles. The molecule has 2 unspecified atom stereocenters. The average molecular weight is 267 g/mol. The van der Waals surface area contributed by atoms with Crippen LogP contribution < -0.4 is 0 Å². The van der Waals surface area contributed by atoms with Gasteiger partial charge in [0.25, 0.3) is 0 Å². The Morgan fingerprint density at radius 2 is 2.39 bits per heavy atom. The number of nitrogens with zero attached hydrogens (tertiary/aromatic N) is 2. The van der Waals surface area contributed by atoms with Gasteiger partial charge in [0.2, 0.25) is 0 Å². The zero-order valence-corrected chi connectivity index (χ0v) is 11.2. The Morgan fingerprint density at radius 1 is 1.50 bits per heavy atom. The van der Waals surface area contributed by atoms with Gasteiger partial charge in [0.1, 0.15) is 0 Å². The van der Waals surface area contributed by atoms with E-state index in [1.54, 1.807) is 12.4 Å². The third kappa shape index (κ3) is 2.40. The second kappa shape index (κ2) is 4.80. The Bertz CT molecular complexity index is 440. The van der Waals surface area contributed by atoms with E-state index < -0.39 is 5.60 Å². The van der Waals surface area contributed by atoms with E-state index in [1.165, 1.54) is 19.4 Å². The molecule has 2 aliphatic heterocycles. The molecular weight excluding hydrogens is 248 g/mol. The Hall–Kier alpha value is -0.640. The second-order valence-electron chi connectivity index (χ2n) is 5.65. The van der Waals surface area contributed by atoms with Crippen LogP contribution in [0, 0.1) is 0 Å². The summed E-state index contributed by atoms with van der Waals surface area (Å²) in [5.41, 5.74) is 0.428. The van der Waals surface area contributed by atoms with Crippen LogP contribution in [0.4, 0.5) is 0 Å². The zero-order chi connectivity index (χ0) is 12.6. The van der Waals surface area contributed by atoms with E-state index in [4.69, 9.17) is 11.6 Å². The van der Waals surface area contributed by atoms with Crippen molar-refractivity contribution in [3.63, 3.8) is 0 Å². The molecule has 98 valence electrons. The van der Waals surface area contributed by atoms with Gasteiger partial charge in [-0.15, -0.1) is 0 Å². The lowest BCUT2D eigenvalue weighted by Gasteiger charge is -2.41. The zero-order valence-electron chi connectivity index (χ0n) is 10.5. The minimum absolute atomic E-state index is 0.573. The van der Waals surface area contributed by atoms with E-state index in [2.05, 4.69) is 9.88 Å². The van der Waals surface area contributed by atoms with Crippen molar-refractivity contribution in [2.75, 3.05) is 13.1 Å². The summed E-state index contributed by atoms with van der Waals surface area (Å²) in [7, 11) is 0. The van der Waals surface area contributed by atoms with Gasteiger partial charge in [-0.1, -0.05) is 11.6 Å². The molecule has 18 heavy (non-hydrogen) atoms. The second-order valence-corrected chi connectivity index (χ2v) is 6.06. The molecule has 0 bridgehead atoms. The van der Waals surface area contributed by atoms with Gasteiger partial charge in [-0.2, -0.15) is 0 Å². The first-order chi connectivity index (χ1) is 8.66. The van der Waals surface area contributed by atoms with Crippen LogP contribution in [-0.2, 0) is 6.42 Å². The van der Waals surface area contributed by atoms with Crippen LogP contribution in [-0.4, -0.2) is 39.7 Å². The Morgan fingerprint density at radius 3 is 3.22 bits per heavy atom. The molecule has 0 saturated carbocycles. The Balaban J connectivity index is 1.74. The molecule has 2 atom stereocenters. The molecule has 0 aromatic carbocycles. The number of piperidine rings is 1. The average Bonchev–Trinajstić information content (AvgIpc) is 2.79. The topological polar surface area (TPSA) is 36.4 Å². The summed E-state index contributed by atoms with van der Waals surface area (Å²) < 4.78 is 0. The summed E-state index contributed by atoms with van der Waals surface area (Å²) in [6.45, 7) is 2.22. The number of halogens is 1. The van der Waals surface area contributed by atoms with Gasteiger partial charge in [0, 0.05) is 31.4 Å². The van der Waals surface area contributed by atoms with Crippen LogP contribution in [0.2, 0.25) is 5.02 Å². The Kier molecular flexibility index (Phi) is 3.31. The summed E-state index contributed by atoms with van der Waals surface area (Å²) in [6, 6.07) is 2.49. The molecule has 0 aliphatic carbocycles. The SMILES string of the molecule is OC1(Cc2ccncc2Cl)CCN2CCCC2C1. The molecule has 1 N–H and O–H groups in total. The summed E-state index contributed by atoms with van der Waals surface area (Å²) in [5.74, 6) is 0. The first-order valence-electron chi connectivity index (χ1n) is 6.71. The summed E-state index contributed by atoms with van der Waals surface area (Å²) in [5, 5.41) is 11.5. The van der Waals surface area contributed by atoms with Crippen molar-refractivity contribution in [3.8, 4) is 0 Å². The monoisotopic (exact) mass is 266 g/mol. The van der Waals surface area contributed by atoms with Gasteiger partial charge in [0.05, 0.1) is 10.6 Å². The van der Waals surface area contributed by atoms with E-state index in [9.17, 15) is 5.11 Å². The van der Waals surface area contributed by atoms with Crippen molar-refractivity contribution in [1.82, 2.24) is 9.88 Å². The van der Waals surface area contributed by atoms with E-state index in [-0.39, 0.29) is 0 Å². The summed E-state index contributed by atoms with van der Waals surface area (Å²) >= 11 is 6.13. The minimum Gasteiger partial charge on any atom is -0.389 e. The van der Waals surface area contributed by atoms with Gasteiger partial charge in [-0.25, -0.2) is 0 Å². The van der Waals surface area contributed by atoms with Gasteiger partial charge in [-0.05, 0) is 43.9 Å². The molecule has 3 rings (SSSR count). The van der Waals surface area contributed by atoms with E-state index in [0.717, 1.165) is 24.9 Å². The molecule has 1 aromatic heterocycles. The highest BCUT2D eigenvalue weighted by Crippen LogP contribution is 2.35. The van der Waals surface area contributed by atoms with E-state index in [0.29, 0.717) is 17.5 Å². The third-order valence-electron chi connectivity index (χ3n) is 4.35. The number of aliphatic hydroxyl groups is 1. The molecule has 2 aliphatic rings. The number of hydrogen-bond acceptors (Lipinski definition) is 3. The molecule has 3 heterocycles. The lowest BCUT2D eigenvalue weighted by atomic mass is 9.82. The smallest absolute Gasteiger partial charge is 0.0715 e. The highest BCUT2D eigenvalue weighted by atomic mass is 35.5. The number of pyridine rings is 1. The van der Waals surface area contributed by atoms with Gasteiger partial charge >= 0.3 is 0 Å². The maximum absolute atomic E-state index is 10.8. The minimum atomic E-state index is -0.587. The van der Waals surface area contributed by atoms with Gasteiger partial charge in [-0.3, -0.25) is 4.98 Å². The number of fused-ring (bicyclic) bond motifs is 1. The molecule has 0 radical (unpaired) electrons. The molecule has 4 heteroatoms. The number of rotatable bonds is 2. The largest absolute Gasteiger partial charge is 0.389 e. The van der Waals surface area contributed by atoms with Crippen molar-refractivity contribution < 1.29 is 5.11 Å². The molecule has 3 nitrogen and oxygen atoms in total. The molecular formula is C14H19ClN2O. The molecule has 0 amide bonds. The first kappa shape index (κ1) is 12.4. The van der Waals surface area contributed by atoms with Crippen LogP contribution in [0.15, 0.2) is 18.5 Å². The summed E-state index contributed by atoms with van der Waals surface area (Å²) in [4.78, 5) is 6.51. The molecule has 2 fully saturated rings. The molecule has 0 spiro atoms. The Labute approximate surface area is 113 Å². The lowest BCUT2D eigenvalue weighted by Crippen LogP contribution is -2.48. The van der Waals surface area contributed by atoms with Crippen molar-refractivity contribution in [3.05, 3.63) is 29.0 Å².